The molecule has 2 rings (SSSR count). The van der Waals surface area contributed by atoms with Crippen LogP contribution in [0.1, 0.15) is 12.0 Å². The van der Waals surface area contributed by atoms with Crippen molar-refractivity contribution < 1.29 is 9.90 Å². The van der Waals surface area contributed by atoms with Crippen molar-refractivity contribution in [2.75, 3.05) is 17.7 Å². The predicted molar refractivity (Wildman–Crippen MR) is 87.6 cm³/mol. The topological polar surface area (TPSA) is 49.3 Å². The molecular formula is C17H19NO2S. The molecule has 2 N–H and O–H groups in total. The molecule has 1 amide bonds. The molecule has 0 heterocycles. The fraction of sp³-hybridized carbons (Fsp3) is 0.235. The van der Waals surface area contributed by atoms with Crippen LogP contribution in [0.25, 0.3) is 0 Å². The van der Waals surface area contributed by atoms with Crippen LogP contribution in [0.2, 0.25) is 0 Å². The minimum Gasteiger partial charge on any atom is -0.396 e. The van der Waals surface area contributed by atoms with E-state index in [-0.39, 0.29) is 12.5 Å². The third-order valence-electron chi connectivity index (χ3n) is 2.95. The van der Waals surface area contributed by atoms with Crippen molar-refractivity contribution in [1.82, 2.24) is 0 Å². The molecule has 0 unspecified atom stereocenters. The second-order valence-electron chi connectivity index (χ2n) is 4.68. The number of anilines is 1. The minimum atomic E-state index is -0.0110. The number of hydrogen-bond acceptors (Lipinski definition) is 3. The summed E-state index contributed by atoms with van der Waals surface area (Å²) in [5.41, 5.74) is 1.93. The maximum Gasteiger partial charge on any atom is 0.234 e. The van der Waals surface area contributed by atoms with Crippen molar-refractivity contribution in [3.8, 4) is 0 Å². The van der Waals surface area contributed by atoms with E-state index < -0.39 is 0 Å². The van der Waals surface area contributed by atoms with E-state index in [1.807, 2.05) is 54.6 Å². The quantitative estimate of drug-likeness (QED) is 0.771. The molecule has 0 aliphatic carbocycles. The molecule has 0 aromatic heterocycles. The second-order valence-corrected chi connectivity index (χ2v) is 5.73. The lowest BCUT2D eigenvalue weighted by molar-refractivity contribution is -0.113. The van der Waals surface area contributed by atoms with Gasteiger partial charge in [-0.3, -0.25) is 4.79 Å². The molecule has 0 bridgehead atoms. The molecule has 2 aromatic carbocycles. The summed E-state index contributed by atoms with van der Waals surface area (Å²) in [6, 6.07) is 17.6. The first-order valence-electron chi connectivity index (χ1n) is 6.95. The van der Waals surface area contributed by atoms with E-state index in [9.17, 15) is 4.79 Å². The van der Waals surface area contributed by atoms with Crippen LogP contribution in [0.4, 0.5) is 5.69 Å². The number of benzene rings is 2. The predicted octanol–water partition coefficient (Wildman–Crippen LogP) is 3.34. The van der Waals surface area contributed by atoms with Crippen molar-refractivity contribution in [2.24, 2.45) is 0 Å². The summed E-state index contributed by atoms with van der Waals surface area (Å²) >= 11 is 1.52. The monoisotopic (exact) mass is 301 g/mol. The number of amides is 1. The van der Waals surface area contributed by atoms with Crippen molar-refractivity contribution in [3.63, 3.8) is 0 Å². The smallest absolute Gasteiger partial charge is 0.234 e. The summed E-state index contributed by atoms with van der Waals surface area (Å²) in [5.74, 6) is 0.383. The van der Waals surface area contributed by atoms with Crippen LogP contribution in [-0.2, 0) is 11.2 Å². The molecule has 0 spiro atoms. The summed E-state index contributed by atoms with van der Waals surface area (Å²) in [6.07, 6.45) is 1.56. The largest absolute Gasteiger partial charge is 0.396 e. The van der Waals surface area contributed by atoms with Gasteiger partial charge in [-0.1, -0.05) is 30.3 Å². The van der Waals surface area contributed by atoms with Gasteiger partial charge in [-0.25, -0.2) is 0 Å². The summed E-state index contributed by atoms with van der Waals surface area (Å²) in [4.78, 5) is 13.0. The number of aliphatic hydroxyl groups is 1. The van der Waals surface area contributed by atoms with Gasteiger partial charge < -0.3 is 10.4 Å². The van der Waals surface area contributed by atoms with E-state index >= 15 is 0 Å². The second kappa shape index (κ2) is 8.49. The van der Waals surface area contributed by atoms with Crippen molar-refractivity contribution >= 4 is 23.4 Å². The Morgan fingerprint density at radius 1 is 1.10 bits per heavy atom. The van der Waals surface area contributed by atoms with Crippen LogP contribution < -0.4 is 5.32 Å². The van der Waals surface area contributed by atoms with Gasteiger partial charge in [-0.15, -0.1) is 11.8 Å². The van der Waals surface area contributed by atoms with Crippen LogP contribution in [0, 0.1) is 0 Å². The summed E-state index contributed by atoms with van der Waals surface area (Å²) in [7, 11) is 0. The highest BCUT2D eigenvalue weighted by Gasteiger charge is 2.04. The maximum atomic E-state index is 11.9. The van der Waals surface area contributed by atoms with Gasteiger partial charge in [0, 0.05) is 17.2 Å². The van der Waals surface area contributed by atoms with Crippen molar-refractivity contribution in [1.29, 1.82) is 0 Å². The van der Waals surface area contributed by atoms with E-state index in [0.29, 0.717) is 5.75 Å². The molecule has 0 saturated carbocycles. The van der Waals surface area contributed by atoms with Gasteiger partial charge in [-0.2, -0.15) is 0 Å². The molecule has 0 saturated heterocycles. The number of carbonyl (C=O) groups is 1. The Bertz CT molecular complexity index is 572. The third-order valence-corrected chi connectivity index (χ3v) is 3.96. The first kappa shape index (κ1) is 15.6. The molecule has 3 nitrogen and oxygen atoms in total. The average Bonchev–Trinajstić information content (AvgIpc) is 2.52. The first-order chi connectivity index (χ1) is 10.3. The van der Waals surface area contributed by atoms with E-state index in [4.69, 9.17) is 5.11 Å². The zero-order valence-corrected chi connectivity index (χ0v) is 12.6. The number of thioether (sulfide) groups is 1. The Kier molecular flexibility index (Phi) is 6.31. The fourth-order valence-electron chi connectivity index (χ4n) is 1.95. The number of rotatable bonds is 7. The highest BCUT2D eigenvalue weighted by atomic mass is 32.2. The maximum absolute atomic E-state index is 11.9. The number of hydrogen-bond donors (Lipinski definition) is 2. The van der Waals surface area contributed by atoms with E-state index in [1.165, 1.54) is 11.8 Å². The standard InChI is InChI=1S/C17H19NO2S/c19-11-5-7-14-6-4-8-15(12-14)18-17(20)13-21-16-9-2-1-3-10-16/h1-4,6,8-10,12,19H,5,7,11,13H2,(H,18,20). The Labute approximate surface area is 129 Å². The Morgan fingerprint density at radius 3 is 2.67 bits per heavy atom. The SMILES string of the molecule is O=C(CSc1ccccc1)Nc1cccc(CCCO)c1. The molecular weight excluding hydrogens is 282 g/mol. The van der Waals surface area contributed by atoms with E-state index in [2.05, 4.69) is 5.32 Å². The van der Waals surface area contributed by atoms with E-state index in [0.717, 1.165) is 29.0 Å². The molecule has 21 heavy (non-hydrogen) atoms. The highest BCUT2D eigenvalue weighted by molar-refractivity contribution is 8.00. The highest BCUT2D eigenvalue weighted by Crippen LogP contribution is 2.18. The van der Waals surface area contributed by atoms with Crippen LogP contribution in [0.5, 0.6) is 0 Å². The Hall–Kier alpha value is -1.78. The van der Waals surface area contributed by atoms with Gasteiger partial charge in [0.1, 0.15) is 0 Å². The normalized spacial score (nSPS) is 10.3. The van der Waals surface area contributed by atoms with Gasteiger partial charge in [0.25, 0.3) is 0 Å². The van der Waals surface area contributed by atoms with Gasteiger partial charge in [0.15, 0.2) is 0 Å². The molecule has 0 aliphatic rings. The van der Waals surface area contributed by atoms with Gasteiger partial charge in [-0.05, 0) is 42.7 Å². The lowest BCUT2D eigenvalue weighted by Gasteiger charge is -2.07. The number of aryl methyl sites for hydroxylation is 1. The Morgan fingerprint density at radius 2 is 1.90 bits per heavy atom. The van der Waals surface area contributed by atoms with Crippen LogP contribution in [0.15, 0.2) is 59.5 Å². The molecule has 2 aromatic rings. The minimum absolute atomic E-state index is 0.0110. The fourth-order valence-corrected chi connectivity index (χ4v) is 2.67. The summed E-state index contributed by atoms with van der Waals surface area (Å²) < 4.78 is 0. The molecule has 4 heteroatoms. The summed E-state index contributed by atoms with van der Waals surface area (Å²) in [5, 5.41) is 11.8. The number of carbonyl (C=O) groups excluding carboxylic acids is 1. The first-order valence-corrected chi connectivity index (χ1v) is 7.94. The van der Waals surface area contributed by atoms with Gasteiger partial charge in [0.05, 0.1) is 5.75 Å². The number of nitrogens with one attached hydrogen (secondary N) is 1. The Balaban J connectivity index is 1.84. The molecule has 0 radical (unpaired) electrons. The number of aliphatic hydroxyl groups excluding tert-OH is 1. The van der Waals surface area contributed by atoms with Gasteiger partial charge >= 0.3 is 0 Å². The van der Waals surface area contributed by atoms with Gasteiger partial charge in [0.2, 0.25) is 5.91 Å². The molecule has 110 valence electrons. The lowest BCUT2D eigenvalue weighted by Crippen LogP contribution is -2.14. The van der Waals surface area contributed by atoms with Crippen molar-refractivity contribution in [2.45, 2.75) is 17.7 Å². The van der Waals surface area contributed by atoms with Crippen molar-refractivity contribution in [3.05, 3.63) is 60.2 Å². The zero-order chi connectivity index (χ0) is 14.9. The molecule has 0 aliphatic heterocycles. The zero-order valence-electron chi connectivity index (χ0n) is 11.8. The third kappa shape index (κ3) is 5.61. The lowest BCUT2D eigenvalue weighted by atomic mass is 10.1. The van der Waals surface area contributed by atoms with Crippen LogP contribution >= 0.6 is 11.8 Å². The summed E-state index contributed by atoms with van der Waals surface area (Å²) in [6.45, 7) is 0.185. The van der Waals surface area contributed by atoms with E-state index in [1.54, 1.807) is 0 Å². The van der Waals surface area contributed by atoms with Crippen LogP contribution in [0.3, 0.4) is 0 Å². The van der Waals surface area contributed by atoms with Crippen LogP contribution in [-0.4, -0.2) is 23.4 Å². The molecule has 0 atom stereocenters. The molecule has 0 fully saturated rings. The average molecular weight is 301 g/mol.